The van der Waals surface area contributed by atoms with E-state index < -0.39 is 0 Å². The van der Waals surface area contributed by atoms with E-state index in [1.54, 1.807) is 6.21 Å². The molecular weight excluding hydrogens is 370 g/mol. The first-order valence-electron chi connectivity index (χ1n) is 4.64. The lowest BCUT2D eigenvalue weighted by molar-refractivity contribution is -0.116. The van der Waals surface area contributed by atoms with E-state index in [1.807, 2.05) is 18.2 Å². The molecule has 0 spiro atoms. The van der Waals surface area contributed by atoms with Crippen LogP contribution < -0.4 is 5.32 Å². The summed E-state index contributed by atoms with van der Waals surface area (Å²) in [5.41, 5.74) is 0.908. The number of hydrogen-bond donors (Lipinski definition) is 1. The van der Waals surface area contributed by atoms with Gasteiger partial charge in [0, 0.05) is 14.5 Å². The monoisotopic (exact) mass is 375 g/mol. The summed E-state index contributed by atoms with van der Waals surface area (Å²) < 4.78 is 1.86. The smallest absolute Gasteiger partial charge is 0.236 e. The van der Waals surface area contributed by atoms with Crippen molar-refractivity contribution in [1.82, 2.24) is 5.32 Å². The quantitative estimate of drug-likeness (QED) is 0.637. The highest BCUT2D eigenvalue weighted by Crippen LogP contribution is 2.23. The van der Waals surface area contributed by atoms with Crippen molar-refractivity contribution in [2.45, 2.75) is 0 Å². The number of hydrogen-bond acceptors (Lipinski definition) is 4. The Morgan fingerprint density at radius 3 is 2.65 bits per heavy atom. The van der Waals surface area contributed by atoms with E-state index in [-0.39, 0.29) is 5.91 Å². The van der Waals surface area contributed by atoms with E-state index in [0.29, 0.717) is 10.9 Å². The van der Waals surface area contributed by atoms with Gasteiger partial charge in [-0.15, -0.1) is 5.10 Å². The summed E-state index contributed by atoms with van der Waals surface area (Å²) >= 11 is 8.20. The Balaban J connectivity index is 2.13. The first-order valence-corrected chi connectivity index (χ1v) is 7.21. The van der Waals surface area contributed by atoms with E-state index in [1.165, 1.54) is 11.8 Å². The number of benzene rings is 1. The van der Waals surface area contributed by atoms with Crippen LogP contribution in [0.5, 0.6) is 0 Å². The number of halogens is 2. The van der Waals surface area contributed by atoms with Crippen LogP contribution in [0.2, 0.25) is 0 Å². The van der Waals surface area contributed by atoms with Crippen LogP contribution in [0.15, 0.2) is 37.3 Å². The number of nitrogens with zero attached hydrogens (tertiary/aromatic N) is 2. The molecule has 1 aliphatic rings. The topological polar surface area (TPSA) is 53.8 Å². The first-order chi connectivity index (χ1) is 8.16. The zero-order valence-electron chi connectivity index (χ0n) is 8.48. The fourth-order valence-corrected chi connectivity index (χ4v) is 2.99. The zero-order chi connectivity index (χ0) is 12.3. The fraction of sp³-hybridized carbons (Fsp3) is 0.100. The van der Waals surface area contributed by atoms with Crippen LogP contribution in [0.3, 0.4) is 0 Å². The summed E-state index contributed by atoms with van der Waals surface area (Å²) in [6.07, 6.45) is 1.63. The van der Waals surface area contributed by atoms with Crippen molar-refractivity contribution in [2.75, 3.05) is 5.75 Å². The molecule has 1 fully saturated rings. The number of nitrogens with one attached hydrogen (secondary N) is 1. The molecule has 1 aromatic carbocycles. The number of amidine groups is 1. The molecule has 1 amide bonds. The lowest BCUT2D eigenvalue weighted by Crippen LogP contribution is -2.19. The Morgan fingerprint density at radius 1 is 1.35 bits per heavy atom. The molecule has 1 heterocycles. The molecule has 0 aromatic heterocycles. The predicted octanol–water partition coefficient (Wildman–Crippen LogP) is 2.76. The maximum atomic E-state index is 10.9. The summed E-state index contributed by atoms with van der Waals surface area (Å²) in [6, 6.07) is 5.77. The summed E-state index contributed by atoms with van der Waals surface area (Å²) in [5.74, 6) is 0.374. The van der Waals surface area contributed by atoms with Crippen molar-refractivity contribution in [3.05, 3.63) is 32.7 Å². The van der Waals surface area contributed by atoms with Gasteiger partial charge in [0.25, 0.3) is 0 Å². The Hall–Kier alpha value is -0.660. The summed E-state index contributed by atoms with van der Waals surface area (Å²) in [7, 11) is 0. The van der Waals surface area contributed by atoms with Crippen molar-refractivity contribution in [3.8, 4) is 0 Å². The molecule has 1 saturated heterocycles. The third-order valence-electron chi connectivity index (χ3n) is 1.92. The standard InChI is InChI=1S/C10H7Br2N3OS/c11-7-2-1-3-8(12)6(7)4-13-15-10-14-9(16)5-17-10/h1-4H,5H2,(H,14,15,16). The number of carbonyl (C=O) groups is 1. The molecule has 4 nitrogen and oxygen atoms in total. The van der Waals surface area contributed by atoms with Gasteiger partial charge in [-0.3, -0.25) is 4.79 Å². The minimum atomic E-state index is -0.0361. The molecule has 0 bridgehead atoms. The highest BCUT2D eigenvalue weighted by molar-refractivity contribution is 9.11. The van der Waals surface area contributed by atoms with Gasteiger partial charge in [0.1, 0.15) is 0 Å². The maximum Gasteiger partial charge on any atom is 0.236 e. The zero-order valence-corrected chi connectivity index (χ0v) is 12.5. The Kier molecular flexibility index (Phi) is 4.36. The van der Waals surface area contributed by atoms with Crippen molar-refractivity contribution in [2.24, 2.45) is 10.2 Å². The second-order valence-corrected chi connectivity index (χ2v) is 5.79. The normalized spacial score (nSPS) is 18.0. The fourth-order valence-electron chi connectivity index (χ4n) is 1.15. The number of amides is 1. The molecular formula is C10H7Br2N3OS. The van der Waals surface area contributed by atoms with Crippen molar-refractivity contribution < 1.29 is 4.79 Å². The van der Waals surface area contributed by atoms with Gasteiger partial charge in [0.15, 0.2) is 5.17 Å². The summed E-state index contributed by atoms with van der Waals surface area (Å²) in [4.78, 5) is 10.9. The molecule has 0 radical (unpaired) electrons. The molecule has 0 atom stereocenters. The SMILES string of the molecule is O=C1CSC(=NN=Cc2c(Br)cccc2Br)N1. The molecule has 1 aliphatic heterocycles. The van der Waals surface area contributed by atoms with Crippen LogP contribution in [-0.4, -0.2) is 23.0 Å². The van der Waals surface area contributed by atoms with Gasteiger partial charge in [0.2, 0.25) is 5.91 Å². The van der Waals surface area contributed by atoms with Crippen LogP contribution >= 0.6 is 43.6 Å². The average molecular weight is 377 g/mol. The Bertz CT molecular complexity index is 496. The van der Waals surface area contributed by atoms with Gasteiger partial charge in [0.05, 0.1) is 12.0 Å². The summed E-state index contributed by atoms with van der Waals surface area (Å²) in [5, 5.41) is 11.0. The van der Waals surface area contributed by atoms with E-state index in [0.717, 1.165) is 14.5 Å². The third-order valence-corrected chi connectivity index (χ3v) is 4.17. The second-order valence-electron chi connectivity index (χ2n) is 3.12. The highest BCUT2D eigenvalue weighted by atomic mass is 79.9. The van der Waals surface area contributed by atoms with Crippen molar-refractivity contribution in [1.29, 1.82) is 0 Å². The lowest BCUT2D eigenvalue weighted by Gasteiger charge is -1.99. The van der Waals surface area contributed by atoms with E-state index in [4.69, 9.17) is 0 Å². The molecule has 1 aromatic rings. The van der Waals surface area contributed by atoms with Crippen LogP contribution in [0.1, 0.15) is 5.56 Å². The number of carbonyl (C=O) groups excluding carboxylic acids is 1. The first kappa shape index (κ1) is 12.8. The minimum absolute atomic E-state index is 0.0361. The summed E-state index contributed by atoms with van der Waals surface area (Å²) in [6.45, 7) is 0. The van der Waals surface area contributed by atoms with Gasteiger partial charge in [-0.05, 0) is 12.1 Å². The molecule has 1 N–H and O–H groups in total. The molecule has 7 heteroatoms. The average Bonchev–Trinajstić information content (AvgIpc) is 2.69. The number of thioether (sulfide) groups is 1. The Morgan fingerprint density at radius 2 is 2.06 bits per heavy atom. The van der Waals surface area contributed by atoms with E-state index >= 15 is 0 Å². The van der Waals surface area contributed by atoms with Gasteiger partial charge in [-0.25, -0.2) is 0 Å². The van der Waals surface area contributed by atoms with Crippen LogP contribution in [0.4, 0.5) is 0 Å². The van der Waals surface area contributed by atoms with Gasteiger partial charge in [-0.2, -0.15) is 5.10 Å². The third kappa shape index (κ3) is 3.40. The molecule has 0 unspecified atom stereocenters. The largest absolute Gasteiger partial charge is 0.303 e. The van der Waals surface area contributed by atoms with Gasteiger partial charge in [-0.1, -0.05) is 49.7 Å². The molecule has 88 valence electrons. The van der Waals surface area contributed by atoms with Crippen LogP contribution in [-0.2, 0) is 4.79 Å². The van der Waals surface area contributed by atoms with E-state index in [2.05, 4.69) is 47.4 Å². The highest BCUT2D eigenvalue weighted by Gasteiger charge is 2.15. The molecule has 0 saturated carbocycles. The van der Waals surface area contributed by atoms with Crippen molar-refractivity contribution in [3.63, 3.8) is 0 Å². The minimum Gasteiger partial charge on any atom is -0.303 e. The molecule has 0 aliphatic carbocycles. The number of rotatable bonds is 2. The maximum absolute atomic E-state index is 10.9. The van der Waals surface area contributed by atoms with Gasteiger partial charge < -0.3 is 5.32 Å². The Labute approximate surface area is 119 Å². The van der Waals surface area contributed by atoms with Crippen LogP contribution in [0.25, 0.3) is 0 Å². The predicted molar refractivity (Wildman–Crippen MR) is 77.5 cm³/mol. The van der Waals surface area contributed by atoms with E-state index in [9.17, 15) is 4.79 Å². The molecule has 2 rings (SSSR count). The molecule has 17 heavy (non-hydrogen) atoms. The second kappa shape index (κ2) is 5.79. The lowest BCUT2D eigenvalue weighted by atomic mass is 10.2. The van der Waals surface area contributed by atoms with Gasteiger partial charge >= 0.3 is 0 Å². The van der Waals surface area contributed by atoms with Crippen LogP contribution in [0, 0.1) is 0 Å². The van der Waals surface area contributed by atoms with Crippen molar-refractivity contribution >= 4 is 60.9 Å².